The van der Waals surface area contributed by atoms with Crippen LogP contribution < -0.4 is 0 Å². The van der Waals surface area contributed by atoms with Crippen molar-refractivity contribution in [1.29, 1.82) is 0 Å². The molecule has 1 aromatic rings. The fourth-order valence-corrected chi connectivity index (χ4v) is 2.33. The van der Waals surface area contributed by atoms with Crippen LogP contribution in [0.25, 0.3) is 5.57 Å². The lowest BCUT2D eigenvalue weighted by Crippen LogP contribution is -2.44. The van der Waals surface area contributed by atoms with E-state index in [1.54, 1.807) is 25.1 Å². The molecular formula is C15H18O3. The van der Waals surface area contributed by atoms with Crippen molar-refractivity contribution in [3.63, 3.8) is 0 Å². The number of phenols is 1. The van der Waals surface area contributed by atoms with E-state index in [0.29, 0.717) is 16.7 Å². The SMILES string of the molecule is CC1=C[C@](O)(C(C)C)C(=O)c2cc(C)c(O)cc21. The lowest BCUT2D eigenvalue weighted by Gasteiger charge is -2.33. The van der Waals surface area contributed by atoms with Crippen LogP contribution in [-0.2, 0) is 0 Å². The number of ketones is 1. The number of aliphatic hydroxyl groups is 1. The van der Waals surface area contributed by atoms with Crippen LogP contribution in [0.1, 0.15) is 42.3 Å². The number of fused-ring (bicyclic) bond motifs is 1. The maximum atomic E-state index is 12.4. The molecule has 0 amide bonds. The van der Waals surface area contributed by atoms with Gasteiger partial charge in [-0.2, -0.15) is 0 Å². The van der Waals surface area contributed by atoms with Crippen LogP contribution in [-0.4, -0.2) is 21.6 Å². The van der Waals surface area contributed by atoms with Crippen molar-refractivity contribution in [2.24, 2.45) is 5.92 Å². The summed E-state index contributed by atoms with van der Waals surface area (Å²) in [6.45, 7) is 7.22. The van der Waals surface area contributed by atoms with Gasteiger partial charge in [-0.3, -0.25) is 4.79 Å². The first-order chi connectivity index (χ1) is 8.27. The highest BCUT2D eigenvalue weighted by molar-refractivity contribution is 6.10. The molecule has 18 heavy (non-hydrogen) atoms. The number of benzene rings is 1. The molecule has 1 atom stereocenters. The largest absolute Gasteiger partial charge is 0.508 e. The second-order valence-corrected chi connectivity index (χ2v) is 5.32. The van der Waals surface area contributed by atoms with E-state index >= 15 is 0 Å². The fraction of sp³-hybridized carbons (Fsp3) is 0.400. The van der Waals surface area contributed by atoms with Gasteiger partial charge in [0.2, 0.25) is 0 Å². The van der Waals surface area contributed by atoms with Crippen molar-refractivity contribution in [2.45, 2.75) is 33.3 Å². The smallest absolute Gasteiger partial charge is 0.199 e. The molecule has 0 unspecified atom stereocenters. The van der Waals surface area contributed by atoms with Crippen molar-refractivity contribution in [1.82, 2.24) is 0 Å². The van der Waals surface area contributed by atoms with E-state index in [-0.39, 0.29) is 17.5 Å². The molecule has 0 fully saturated rings. The Balaban J connectivity index is 2.70. The fourth-order valence-electron chi connectivity index (χ4n) is 2.33. The van der Waals surface area contributed by atoms with E-state index in [0.717, 1.165) is 5.57 Å². The number of rotatable bonds is 1. The van der Waals surface area contributed by atoms with E-state index in [9.17, 15) is 15.0 Å². The Bertz CT molecular complexity index is 555. The molecule has 0 aromatic heterocycles. The minimum Gasteiger partial charge on any atom is -0.508 e. The first-order valence-electron chi connectivity index (χ1n) is 6.08. The molecule has 0 spiro atoms. The Kier molecular flexibility index (Phi) is 2.82. The molecule has 96 valence electrons. The molecule has 2 rings (SSSR count). The van der Waals surface area contributed by atoms with Crippen LogP contribution in [0.5, 0.6) is 5.75 Å². The number of hydrogen-bond donors (Lipinski definition) is 2. The molecule has 1 aliphatic carbocycles. The first kappa shape index (κ1) is 12.8. The van der Waals surface area contributed by atoms with Crippen molar-refractivity contribution >= 4 is 11.4 Å². The minimum atomic E-state index is -1.44. The summed E-state index contributed by atoms with van der Waals surface area (Å²) in [5.74, 6) is -0.312. The maximum Gasteiger partial charge on any atom is 0.199 e. The molecule has 0 saturated carbocycles. The van der Waals surface area contributed by atoms with Crippen LogP contribution in [0, 0.1) is 12.8 Å². The third-order valence-corrected chi connectivity index (χ3v) is 3.69. The predicted octanol–water partition coefficient (Wildman–Crippen LogP) is 2.69. The Morgan fingerprint density at radius 3 is 2.33 bits per heavy atom. The van der Waals surface area contributed by atoms with Crippen molar-refractivity contribution in [3.8, 4) is 5.75 Å². The van der Waals surface area contributed by atoms with Crippen molar-refractivity contribution in [2.75, 3.05) is 0 Å². The molecule has 0 heterocycles. The zero-order chi connectivity index (χ0) is 13.7. The van der Waals surface area contributed by atoms with Crippen LogP contribution in [0.3, 0.4) is 0 Å². The summed E-state index contributed by atoms with van der Waals surface area (Å²) >= 11 is 0. The normalized spacial score (nSPS) is 23.0. The molecule has 2 N–H and O–H groups in total. The average Bonchev–Trinajstić information content (AvgIpc) is 2.29. The van der Waals surface area contributed by atoms with E-state index in [2.05, 4.69) is 0 Å². The van der Waals surface area contributed by atoms with Crippen LogP contribution in [0.4, 0.5) is 0 Å². The summed E-state index contributed by atoms with van der Waals surface area (Å²) in [5.41, 5.74) is 1.20. The maximum absolute atomic E-state index is 12.4. The number of aromatic hydroxyl groups is 1. The molecular weight excluding hydrogens is 228 g/mol. The van der Waals surface area contributed by atoms with Crippen LogP contribution in [0.2, 0.25) is 0 Å². The predicted molar refractivity (Wildman–Crippen MR) is 70.6 cm³/mol. The van der Waals surface area contributed by atoms with Gasteiger partial charge in [-0.15, -0.1) is 0 Å². The van der Waals surface area contributed by atoms with E-state index in [1.807, 2.05) is 20.8 Å². The molecule has 3 heteroatoms. The lowest BCUT2D eigenvalue weighted by atomic mass is 9.75. The molecule has 1 aromatic carbocycles. The van der Waals surface area contributed by atoms with Gasteiger partial charge in [-0.1, -0.05) is 13.8 Å². The number of aryl methyl sites for hydroxylation is 1. The third kappa shape index (κ3) is 1.66. The number of hydrogen-bond acceptors (Lipinski definition) is 3. The summed E-state index contributed by atoms with van der Waals surface area (Å²) in [6, 6.07) is 3.24. The van der Waals surface area contributed by atoms with E-state index < -0.39 is 5.60 Å². The van der Waals surface area contributed by atoms with Gasteiger partial charge in [-0.25, -0.2) is 0 Å². The first-order valence-corrected chi connectivity index (χ1v) is 6.08. The number of carbonyl (C=O) groups is 1. The van der Waals surface area contributed by atoms with Gasteiger partial charge >= 0.3 is 0 Å². The second-order valence-electron chi connectivity index (χ2n) is 5.32. The van der Waals surface area contributed by atoms with Gasteiger partial charge in [0.25, 0.3) is 0 Å². The van der Waals surface area contributed by atoms with Gasteiger partial charge in [-0.05, 0) is 54.7 Å². The van der Waals surface area contributed by atoms with Crippen LogP contribution >= 0.6 is 0 Å². The van der Waals surface area contributed by atoms with Gasteiger partial charge < -0.3 is 10.2 Å². The molecule has 3 nitrogen and oxygen atoms in total. The average molecular weight is 246 g/mol. The molecule has 0 aliphatic heterocycles. The Morgan fingerprint density at radius 1 is 1.17 bits per heavy atom. The lowest BCUT2D eigenvalue weighted by molar-refractivity contribution is 0.0330. The number of allylic oxidation sites excluding steroid dienone is 1. The summed E-state index contributed by atoms with van der Waals surface area (Å²) < 4.78 is 0. The summed E-state index contributed by atoms with van der Waals surface area (Å²) in [7, 11) is 0. The van der Waals surface area contributed by atoms with Crippen molar-refractivity contribution in [3.05, 3.63) is 34.9 Å². The Morgan fingerprint density at radius 2 is 1.78 bits per heavy atom. The highest BCUT2D eigenvalue weighted by Crippen LogP contribution is 2.37. The minimum absolute atomic E-state index is 0.171. The Hall–Kier alpha value is -1.61. The zero-order valence-electron chi connectivity index (χ0n) is 11.1. The number of Topliss-reactive ketones (excluding diaryl/α,β-unsaturated/α-hetero) is 1. The summed E-state index contributed by atoms with van der Waals surface area (Å²) in [5, 5.41) is 20.2. The summed E-state index contributed by atoms with van der Waals surface area (Å²) in [4.78, 5) is 12.4. The highest BCUT2D eigenvalue weighted by atomic mass is 16.3. The van der Waals surface area contributed by atoms with Gasteiger partial charge in [0.05, 0.1) is 0 Å². The van der Waals surface area contributed by atoms with Gasteiger partial charge in [0.15, 0.2) is 5.78 Å². The Labute approximate surface area is 107 Å². The second kappa shape index (κ2) is 3.95. The molecule has 0 saturated heterocycles. The highest BCUT2D eigenvalue weighted by Gasteiger charge is 2.41. The summed E-state index contributed by atoms with van der Waals surface area (Å²) in [6.07, 6.45) is 1.59. The molecule has 0 bridgehead atoms. The quantitative estimate of drug-likeness (QED) is 0.801. The van der Waals surface area contributed by atoms with Crippen molar-refractivity contribution < 1.29 is 15.0 Å². The monoisotopic (exact) mass is 246 g/mol. The topological polar surface area (TPSA) is 57.5 Å². The zero-order valence-corrected chi connectivity index (χ0v) is 11.1. The standard InChI is InChI=1S/C15H18O3/c1-8(2)15(18)7-10(4)11-6-13(16)9(3)5-12(11)14(15)17/h5-8,16,18H,1-4H3/t15-/m0/s1. The van der Waals surface area contributed by atoms with Crippen LogP contribution in [0.15, 0.2) is 18.2 Å². The van der Waals surface area contributed by atoms with E-state index in [1.165, 1.54) is 0 Å². The number of phenolic OH excluding ortho intramolecular Hbond substituents is 1. The van der Waals surface area contributed by atoms with Gasteiger partial charge in [0.1, 0.15) is 11.4 Å². The third-order valence-electron chi connectivity index (χ3n) is 3.69. The molecule has 0 radical (unpaired) electrons. The molecule has 1 aliphatic rings. The number of carbonyl (C=O) groups excluding carboxylic acids is 1. The van der Waals surface area contributed by atoms with E-state index in [4.69, 9.17) is 0 Å². The van der Waals surface area contributed by atoms with Gasteiger partial charge in [0, 0.05) is 5.56 Å².